The van der Waals surface area contributed by atoms with Crippen LogP contribution in [0.25, 0.3) is 0 Å². The number of nitrogens with one attached hydrogen (secondary N) is 1. The summed E-state index contributed by atoms with van der Waals surface area (Å²) in [5.74, 6) is -0.883. The first-order valence-electron chi connectivity index (χ1n) is 6.98. The Morgan fingerprint density at radius 1 is 1.17 bits per heavy atom. The van der Waals surface area contributed by atoms with Crippen LogP contribution in [-0.2, 0) is 16.0 Å². The highest BCUT2D eigenvalue weighted by atomic mass is 79.9. The van der Waals surface area contributed by atoms with Crippen molar-refractivity contribution in [3.8, 4) is 0 Å². The summed E-state index contributed by atoms with van der Waals surface area (Å²) < 4.78 is 6.31. The van der Waals surface area contributed by atoms with E-state index in [-0.39, 0.29) is 12.3 Å². The van der Waals surface area contributed by atoms with Crippen LogP contribution in [0.5, 0.6) is 0 Å². The van der Waals surface area contributed by atoms with Gasteiger partial charge in [-0.1, -0.05) is 55.6 Å². The van der Waals surface area contributed by atoms with Gasteiger partial charge in [-0.05, 0) is 35.9 Å². The average molecular weight is 476 g/mol. The van der Waals surface area contributed by atoms with Crippen molar-refractivity contribution >= 4 is 55.3 Å². The number of esters is 1. The van der Waals surface area contributed by atoms with E-state index in [0.29, 0.717) is 10.6 Å². The van der Waals surface area contributed by atoms with Gasteiger partial charge in [0.1, 0.15) is 6.04 Å². The molecular weight excluding hydrogens is 461 g/mol. The number of rotatable bonds is 5. The van der Waals surface area contributed by atoms with E-state index in [0.717, 1.165) is 14.5 Å². The summed E-state index contributed by atoms with van der Waals surface area (Å²) >= 11 is 12.6. The van der Waals surface area contributed by atoms with Crippen molar-refractivity contribution in [3.05, 3.63) is 67.6 Å². The maximum Gasteiger partial charge on any atom is 0.328 e. The molecule has 24 heavy (non-hydrogen) atoms. The van der Waals surface area contributed by atoms with Crippen LogP contribution in [0.1, 0.15) is 15.9 Å². The molecule has 2 aromatic carbocycles. The summed E-state index contributed by atoms with van der Waals surface area (Å²) in [6.45, 7) is 0. The average Bonchev–Trinajstić information content (AvgIpc) is 2.52. The first kappa shape index (κ1) is 19.0. The summed E-state index contributed by atoms with van der Waals surface area (Å²) in [5, 5.41) is 3.28. The fourth-order valence-corrected chi connectivity index (χ4v) is 3.67. The van der Waals surface area contributed by atoms with E-state index in [4.69, 9.17) is 16.3 Å². The SMILES string of the molecule is COC(=O)[C@@H](Cc1cccc(Cl)c1)NC(=O)c1cc(Br)cc(Br)c1. The molecule has 0 aliphatic heterocycles. The Morgan fingerprint density at radius 3 is 2.42 bits per heavy atom. The molecule has 126 valence electrons. The number of carbonyl (C=O) groups is 2. The highest BCUT2D eigenvalue weighted by molar-refractivity contribution is 9.11. The van der Waals surface area contributed by atoms with Gasteiger partial charge in [-0.2, -0.15) is 0 Å². The minimum absolute atomic E-state index is 0.286. The van der Waals surface area contributed by atoms with Gasteiger partial charge in [-0.15, -0.1) is 0 Å². The molecule has 1 atom stereocenters. The Bertz CT molecular complexity index is 747. The number of methoxy groups -OCH3 is 1. The third-order valence-corrected chi connectivity index (χ3v) is 4.40. The Hall–Kier alpha value is -1.37. The van der Waals surface area contributed by atoms with Crippen LogP contribution in [0.15, 0.2) is 51.4 Å². The molecule has 0 saturated heterocycles. The fraction of sp³-hybridized carbons (Fsp3) is 0.176. The van der Waals surface area contributed by atoms with E-state index < -0.39 is 12.0 Å². The Labute approximate surface area is 161 Å². The van der Waals surface area contributed by atoms with Gasteiger partial charge in [-0.25, -0.2) is 4.79 Å². The summed E-state index contributed by atoms with van der Waals surface area (Å²) in [5.41, 5.74) is 1.25. The lowest BCUT2D eigenvalue weighted by Gasteiger charge is -2.17. The number of benzene rings is 2. The zero-order chi connectivity index (χ0) is 17.7. The van der Waals surface area contributed by atoms with E-state index in [1.807, 2.05) is 12.1 Å². The lowest BCUT2D eigenvalue weighted by molar-refractivity contribution is -0.142. The summed E-state index contributed by atoms with van der Waals surface area (Å²) in [6, 6.07) is 11.5. The predicted molar refractivity (Wildman–Crippen MR) is 100 cm³/mol. The van der Waals surface area contributed by atoms with Crippen LogP contribution in [0, 0.1) is 0 Å². The number of amides is 1. The first-order chi connectivity index (χ1) is 11.4. The lowest BCUT2D eigenvalue weighted by Crippen LogP contribution is -2.43. The molecule has 0 aliphatic carbocycles. The van der Waals surface area contributed by atoms with Crippen LogP contribution in [0.3, 0.4) is 0 Å². The molecule has 0 spiro atoms. The second kappa shape index (κ2) is 8.65. The second-order valence-electron chi connectivity index (χ2n) is 5.04. The molecule has 1 amide bonds. The minimum Gasteiger partial charge on any atom is -0.467 e. The molecule has 0 aliphatic rings. The quantitative estimate of drug-likeness (QED) is 0.653. The highest BCUT2D eigenvalue weighted by Gasteiger charge is 2.23. The topological polar surface area (TPSA) is 55.4 Å². The van der Waals surface area contributed by atoms with Gasteiger partial charge in [-0.3, -0.25) is 4.79 Å². The van der Waals surface area contributed by atoms with Gasteiger partial charge in [0, 0.05) is 26.0 Å². The van der Waals surface area contributed by atoms with Gasteiger partial charge in [0.25, 0.3) is 5.91 Å². The highest BCUT2D eigenvalue weighted by Crippen LogP contribution is 2.20. The van der Waals surface area contributed by atoms with Gasteiger partial charge < -0.3 is 10.1 Å². The molecular formula is C17H14Br2ClNO3. The molecule has 0 saturated carbocycles. The van der Waals surface area contributed by atoms with Crippen molar-refractivity contribution in [1.82, 2.24) is 5.32 Å². The Morgan fingerprint density at radius 2 is 1.83 bits per heavy atom. The van der Waals surface area contributed by atoms with E-state index >= 15 is 0 Å². The summed E-state index contributed by atoms with van der Waals surface area (Å²) in [6.07, 6.45) is 0.286. The maximum atomic E-state index is 12.5. The number of carbonyl (C=O) groups excluding carboxylic acids is 2. The smallest absolute Gasteiger partial charge is 0.328 e. The van der Waals surface area contributed by atoms with Crippen LogP contribution in [0.2, 0.25) is 5.02 Å². The number of ether oxygens (including phenoxy) is 1. The van der Waals surface area contributed by atoms with Crippen molar-refractivity contribution in [2.24, 2.45) is 0 Å². The first-order valence-corrected chi connectivity index (χ1v) is 8.94. The van der Waals surface area contributed by atoms with Gasteiger partial charge in [0.15, 0.2) is 0 Å². The van der Waals surface area contributed by atoms with Crippen LogP contribution in [-0.4, -0.2) is 25.0 Å². The standard InChI is InChI=1S/C17H14Br2ClNO3/c1-24-17(23)15(6-10-3-2-4-14(20)5-10)21-16(22)11-7-12(18)9-13(19)8-11/h2-5,7-9,15H,6H2,1H3,(H,21,22)/t15-/m1/s1. The molecule has 0 bridgehead atoms. The zero-order valence-corrected chi connectivity index (χ0v) is 16.6. The molecule has 1 N–H and O–H groups in total. The van der Waals surface area contributed by atoms with E-state index in [1.54, 1.807) is 30.3 Å². The molecule has 0 radical (unpaired) electrons. The molecule has 0 aromatic heterocycles. The lowest BCUT2D eigenvalue weighted by atomic mass is 10.1. The minimum atomic E-state index is -0.807. The zero-order valence-electron chi connectivity index (χ0n) is 12.7. The Balaban J connectivity index is 2.19. The summed E-state index contributed by atoms with van der Waals surface area (Å²) in [4.78, 5) is 24.5. The third-order valence-electron chi connectivity index (χ3n) is 3.24. The van der Waals surface area contributed by atoms with Crippen molar-refractivity contribution in [3.63, 3.8) is 0 Å². The Kier molecular flexibility index (Phi) is 6.83. The van der Waals surface area contributed by atoms with Gasteiger partial charge in [0.2, 0.25) is 0 Å². The molecule has 2 rings (SSSR count). The molecule has 2 aromatic rings. The van der Waals surface area contributed by atoms with E-state index in [1.165, 1.54) is 7.11 Å². The molecule has 7 heteroatoms. The maximum absolute atomic E-state index is 12.5. The van der Waals surface area contributed by atoms with Gasteiger partial charge >= 0.3 is 5.97 Å². The van der Waals surface area contributed by atoms with Crippen LogP contribution < -0.4 is 5.32 Å². The predicted octanol–water partition coefficient (Wildman–Crippen LogP) is 4.38. The molecule has 4 nitrogen and oxygen atoms in total. The molecule has 0 fully saturated rings. The van der Waals surface area contributed by atoms with Crippen LogP contribution in [0.4, 0.5) is 0 Å². The normalized spacial score (nSPS) is 11.7. The van der Waals surface area contributed by atoms with E-state index in [9.17, 15) is 9.59 Å². The summed E-state index contributed by atoms with van der Waals surface area (Å²) in [7, 11) is 1.29. The fourth-order valence-electron chi connectivity index (χ4n) is 2.16. The van der Waals surface area contributed by atoms with Gasteiger partial charge in [0.05, 0.1) is 7.11 Å². The molecule has 0 heterocycles. The van der Waals surface area contributed by atoms with Crippen LogP contribution >= 0.6 is 43.5 Å². The van der Waals surface area contributed by atoms with E-state index in [2.05, 4.69) is 37.2 Å². The third kappa shape index (κ3) is 5.33. The number of hydrogen-bond donors (Lipinski definition) is 1. The van der Waals surface area contributed by atoms with Crippen molar-refractivity contribution in [1.29, 1.82) is 0 Å². The monoisotopic (exact) mass is 473 g/mol. The van der Waals surface area contributed by atoms with Crippen molar-refractivity contribution < 1.29 is 14.3 Å². The van der Waals surface area contributed by atoms with Crippen molar-refractivity contribution in [2.75, 3.05) is 7.11 Å². The van der Waals surface area contributed by atoms with Crippen molar-refractivity contribution in [2.45, 2.75) is 12.5 Å². The number of halogens is 3. The second-order valence-corrected chi connectivity index (χ2v) is 7.31. The molecule has 0 unspecified atom stereocenters. The number of hydrogen-bond acceptors (Lipinski definition) is 3. The largest absolute Gasteiger partial charge is 0.467 e.